The Morgan fingerprint density at radius 1 is 0.971 bits per heavy atom. The third-order valence-electron chi connectivity index (χ3n) is 5.60. The summed E-state index contributed by atoms with van der Waals surface area (Å²) in [5.74, 6) is -2.79. The molecule has 1 saturated heterocycles. The summed E-state index contributed by atoms with van der Waals surface area (Å²) in [4.78, 5) is 63.8. The summed E-state index contributed by atoms with van der Waals surface area (Å²) in [5, 5.41) is 14.3. The number of nitrogens with one attached hydrogen (secondary N) is 2. The van der Waals surface area contributed by atoms with Gasteiger partial charge >= 0.3 is 5.97 Å². The van der Waals surface area contributed by atoms with Crippen LogP contribution in [0.25, 0.3) is 0 Å². The SMILES string of the molecule is CC(NC(=O)[C@H](CSC(=O)c1ccccc1)NC(=O)c1ccccc1)C(=O)N1CCCC1C(=O)O. The average molecular weight is 498 g/mol. The second-order valence-corrected chi connectivity index (χ2v) is 9.11. The van der Waals surface area contributed by atoms with Crippen molar-refractivity contribution >= 4 is 40.6 Å². The standard InChI is InChI=1S/C25H27N3O6S/c1-16(23(31)28-14-8-13-20(28)24(32)33)26-22(30)19(27-21(29)17-9-4-2-5-10-17)15-35-25(34)18-11-6-3-7-12-18/h2-7,9-12,16,19-20H,8,13-15H2,1H3,(H,26,30)(H,27,29)(H,32,33)/t16?,19-,20?/m0/s1. The molecular weight excluding hydrogens is 470 g/mol. The number of likely N-dealkylation sites (tertiary alicyclic amines) is 1. The molecule has 2 aromatic rings. The van der Waals surface area contributed by atoms with Crippen LogP contribution in [-0.4, -0.2) is 69.2 Å². The van der Waals surface area contributed by atoms with Crippen molar-refractivity contribution in [3.8, 4) is 0 Å². The van der Waals surface area contributed by atoms with Crippen LogP contribution in [0.2, 0.25) is 0 Å². The highest BCUT2D eigenvalue weighted by Gasteiger charge is 2.37. The minimum absolute atomic E-state index is 0.0550. The lowest BCUT2D eigenvalue weighted by molar-refractivity contribution is -0.149. The van der Waals surface area contributed by atoms with Crippen LogP contribution in [0.5, 0.6) is 0 Å². The molecule has 1 heterocycles. The molecule has 1 fully saturated rings. The number of aliphatic carboxylic acids is 1. The zero-order valence-electron chi connectivity index (χ0n) is 19.2. The summed E-state index contributed by atoms with van der Waals surface area (Å²) >= 11 is 0.881. The van der Waals surface area contributed by atoms with Gasteiger partial charge < -0.3 is 20.6 Å². The molecule has 184 valence electrons. The summed E-state index contributed by atoms with van der Waals surface area (Å²) in [6.07, 6.45) is 0.924. The Kier molecular flexibility index (Phi) is 9.02. The molecule has 10 heteroatoms. The predicted octanol–water partition coefficient (Wildman–Crippen LogP) is 1.94. The number of nitrogens with zero attached hydrogens (tertiary/aromatic N) is 1. The molecule has 2 unspecified atom stereocenters. The minimum Gasteiger partial charge on any atom is -0.480 e. The first kappa shape index (κ1) is 26.0. The number of carbonyl (C=O) groups is 5. The summed E-state index contributed by atoms with van der Waals surface area (Å²) in [6, 6.07) is 13.8. The van der Waals surface area contributed by atoms with E-state index in [0.717, 1.165) is 11.8 Å². The molecule has 0 saturated carbocycles. The fourth-order valence-electron chi connectivity index (χ4n) is 3.74. The van der Waals surface area contributed by atoms with E-state index in [1.165, 1.54) is 11.8 Å². The first-order chi connectivity index (χ1) is 16.8. The van der Waals surface area contributed by atoms with Crippen molar-refractivity contribution in [3.63, 3.8) is 0 Å². The highest BCUT2D eigenvalue weighted by atomic mass is 32.2. The highest BCUT2D eigenvalue weighted by Crippen LogP contribution is 2.19. The molecule has 3 amide bonds. The van der Waals surface area contributed by atoms with Crippen LogP contribution in [0.4, 0.5) is 0 Å². The molecule has 0 aliphatic carbocycles. The summed E-state index contributed by atoms with van der Waals surface area (Å²) in [6.45, 7) is 1.77. The second kappa shape index (κ2) is 12.2. The molecule has 0 aromatic heterocycles. The molecule has 2 aromatic carbocycles. The number of amides is 3. The quantitative estimate of drug-likeness (QED) is 0.482. The predicted molar refractivity (Wildman–Crippen MR) is 131 cm³/mol. The summed E-state index contributed by atoms with van der Waals surface area (Å²) in [5.41, 5.74) is 0.804. The van der Waals surface area contributed by atoms with Gasteiger partial charge in [-0.25, -0.2) is 4.79 Å². The van der Waals surface area contributed by atoms with E-state index >= 15 is 0 Å². The largest absolute Gasteiger partial charge is 0.480 e. The lowest BCUT2D eigenvalue weighted by atomic mass is 10.2. The molecule has 3 N–H and O–H groups in total. The van der Waals surface area contributed by atoms with Gasteiger partial charge in [0.15, 0.2) is 0 Å². The van der Waals surface area contributed by atoms with Crippen LogP contribution < -0.4 is 10.6 Å². The first-order valence-corrected chi connectivity index (χ1v) is 12.2. The Hall–Kier alpha value is -3.66. The third kappa shape index (κ3) is 6.92. The van der Waals surface area contributed by atoms with E-state index in [9.17, 15) is 29.1 Å². The Morgan fingerprint density at radius 2 is 1.57 bits per heavy atom. The van der Waals surface area contributed by atoms with Crippen LogP contribution in [0.3, 0.4) is 0 Å². The van der Waals surface area contributed by atoms with Gasteiger partial charge in [0.1, 0.15) is 18.1 Å². The Labute approximate surface area is 207 Å². The number of carboxylic acid groups (broad SMARTS) is 1. The van der Waals surface area contributed by atoms with Crippen molar-refractivity contribution < 1.29 is 29.1 Å². The van der Waals surface area contributed by atoms with E-state index in [1.54, 1.807) is 60.7 Å². The molecule has 9 nitrogen and oxygen atoms in total. The Balaban J connectivity index is 1.69. The van der Waals surface area contributed by atoms with Crippen LogP contribution >= 0.6 is 11.8 Å². The van der Waals surface area contributed by atoms with Gasteiger partial charge in [-0.3, -0.25) is 19.2 Å². The second-order valence-electron chi connectivity index (χ2n) is 8.11. The monoisotopic (exact) mass is 497 g/mol. The normalized spacial score (nSPS) is 16.7. The molecule has 0 bridgehead atoms. The van der Waals surface area contributed by atoms with Gasteiger partial charge in [-0.15, -0.1) is 0 Å². The molecule has 3 rings (SSSR count). The Bertz CT molecular complexity index is 1080. The minimum atomic E-state index is -1.11. The van der Waals surface area contributed by atoms with Crippen LogP contribution in [0.15, 0.2) is 60.7 Å². The summed E-state index contributed by atoms with van der Waals surface area (Å²) < 4.78 is 0. The topological polar surface area (TPSA) is 133 Å². The zero-order chi connectivity index (χ0) is 25.4. The fraction of sp³-hybridized carbons (Fsp3) is 0.320. The average Bonchev–Trinajstić information content (AvgIpc) is 3.37. The highest BCUT2D eigenvalue weighted by molar-refractivity contribution is 8.14. The van der Waals surface area contributed by atoms with E-state index in [0.29, 0.717) is 30.5 Å². The van der Waals surface area contributed by atoms with Crippen molar-refractivity contribution in [3.05, 3.63) is 71.8 Å². The van der Waals surface area contributed by atoms with Gasteiger partial charge in [0.2, 0.25) is 16.9 Å². The van der Waals surface area contributed by atoms with Gasteiger partial charge in [0.05, 0.1) is 0 Å². The number of hydrogen-bond donors (Lipinski definition) is 3. The zero-order valence-corrected chi connectivity index (χ0v) is 20.0. The number of benzene rings is 2. The van der Waals surface area contributed by atoms with Gasteiger partial charge in [-0.05, 0) is 31.9 Å². The smallest absolute Gasteiger partial charge is 0.326 e. The van der Waals surface area contributed by atoms with Crippen molar-refractivity contribution in [2.45, 2.75) is 37.9 Å². The summed E-state index contributed by atoms with van der Waals surface area (Å²) in [7, 11) is 0. The van der Waals surface area contributed by atoms with Gasteiger partial charge in [-0.1, -0.05) is 60.3 Å². The maximum Gasteiger partial charge on any atom is 0.326 e. The number of rotatable bonds is 9. The van der Waals surface area contributed by atoms with Crippen molar-refractivity contribution in [2.24, 2.45) is 0 Å². The Morgan fingerprint density at radius 3 is 2.17 bits per heavy atom. The third-order valence-corrected chi connectivity index (χ3v) is 6.60. The van der Waals surface area contributed by atoms with Gasteiger partial charge in [-0.2, -0.15) is 0 Å². The van der Waals surface area contributed by atoms with Crippen LogP contribution in [0, 0.1) is 0 Å². The number of thioether (sulfide) groups is 1. The molecule has 0 spiro atoms. The molecule has 0 radical (unpaired) electrons. The molecule has 3 atom stereocenters. The molecular formula is C25H27N3O6S. The van der Waals surface area contributed by atoms with E-state index in [4.69, 9.17) is 0 Å². The number of carboxylic acids is 1. The van der Waals surface area contributed by atoms with Gasteiger partial charge in [0.25, 0.3) is 5.91 Å². The van der Waals surface area contributed by atoms with Crippen LogP contribution in [0.1, 0.15) is 40.5 Å². The van der Waals surface area contributed by atoms with Crippen molar-refractivity contribution in [2.75, 3.05) is 12.3 Å². The van der Waals surface area contributed by atoms with Crippen molar-refractivity contribution in [1.29, 1.82) is 0 Å². The number of hydrogen-bond acceptors (Lipinski definition) is 6. The number of carbonyl (C=O) groups excluding carboxylic acids is 4. The van der Waals surface area contributed by atoms with Gasteiger partial charge in [0, 0.05) is 23.4 Å². The first-order valence-electron chi connectivity index (χ1n) is 11.2. The van der Waals surface area contributed by atoms with Crippen LogP contribution in [-0.2, 0) is 14.4 Å². The van der Waals surface area contributed by atoms with E-state index in [1.807, 2.05) is 0 Å². The van der Waals surface area contributed by atoms with Crippen molar-refractivity contribution in [1.82, 2.24) is 15.5 Å². The van der Waals surface area contributed by atoms with E-state index in [-0.39, 0.29) is 10.9 Å². The lowest BCUT2D eigenvalue weighted by Crippen LogP contribution is -2.55. The molecule has 35 heavy (non-hydrogen) atoms. The fourth-order valence-corrected chi connectivity index (χ4v) is 4.60. The maximum atomic E-state index is 13.1. The molecule has 1 aliphatic rings. The molecule has 1 aliphatic heterocycles. The van der Waals surface area contributed by atoms with E-state index in [2.05, 4.69) is 10.6 Å². The van der Waals surface area contributed by atoms with E-state index < -0.39 is 41.8 Å². The maximum absolute atomic E-state index is 13.1. The lowest BCUT2D eigenvalue weighted by Gasteiger charge is -2.26.